The van der Waals surface area contributed by atoms with Gasteiger partial charge in [0, 0.05) is 5.39 Å². The van der Waals surface area contributed by atoms with E-state index in [1.54, 1.807) is 31.2 Å². The Hall–Kier alpha value is -1.58. The molecule has 1 aromatic carbocycles. The van der Waals surface area contributed by atoms with Crippen molar-refractivity contribution >= 4 is 10.9 Å². The molecule has 4 heteroatoms. The van der Waals surface area contributed by atoms with Gasteiger partial charge < -0.3 is 0 Å². The van der Waals surface area contributed by atoms with Crippen molar-refractivity contribution in [3.63, 3.8) is 0 Å². The predicted octanol–water partition coefficient (Wildman–Crippen LogP) is 3.56. The van der Waals surface area contributed by atoms with Crippen LogP contribution in [0.25, 0.3) is 10.9 Å². The van der Waals surface area contributed by atoms with Crippen molar-refractivity contribution in [3.05, 3.63) is 41.6 Å². The molecule has 0 fully saturated rings. The number of halogens is 3. The number of fused-ring (bicyclic) bond motifs is 1. The van der Waals surface area contributed by atoms with Crippen LogP contribution in [0, 0.1) is 6.92 Å². The third kappa shape index (κ3) is 1.79. The summed E-state index contributed by atoms with van der Waals surface area (Å²) in [5.41, 5.74) is 0.136. The van der Waals surface area contributed by atoms with Crippen molar-refractivity contribution in [2.75, 3.05) is 0 Å². The summed E-state index contributed by atoms with van der Waals surface area (Å²) in [7, 11) is 0. The van der Waals surface area contributed by atoms with Crippen LogP contribution < -0.4 is 0 Å². The second kappa shape index (κ2) is 3.22. The molecule has 0 saturated carbocycles. The zero-order chi connectivity index (χ0) is 11.1. The molecule has 2 aromatic rings. The first-order valence-corrected chi connectivity index (χ1v) is 4.42. The molecular formula is C11H8F3N. The van der Waals surface area contributed by atoms with Crippen LogP contribution >= 0.6 is 0 Å². The predicted molar refractivity (Wildman–Crippen MR) is 51.5 cm³/mol. The Labute approximate surface area is 84.6 Å². The minimum atomic E-state index is -4.38. The molecule has 15 heavy (non-hydrogen) atoms. The van der Waals surface area contributed by atoms with Crippen molar-refractivity contribution < 1.29 is 13.2 Å². The third-order valence-electron chi connectivity index (χ3n) is 2.21. The summed E-state index contributed by atoms with van der Waals surface area (Å²) in [5, 5.41) is 0.755. The van der Waals surface area contributed by atoms with Crippen molar-refractivity contribution in [3.8, 4) is 0 Å². The van der Waals surface area contributed by atoms with Gasteiger partial charge in [0.05, 0.1) is 5.52 Å². The second-order valence-corrected chi connectivity index (χ2v) is 3.34. The van der Waals surface area contributed by atoms with Gasteiger partial charge in [-0.05, 0) is 24.6 Å². The van der Waals surface area contributed by atoms with Crippen molar-refractivity contribution in [1.82, 2.24) is 4.98 Å². The Bertz CT molecular complexity index is 503. The molecule has 0 N–H and O–H groups in total. The minimum Gasteiger partial charge on any atom is -0.243 e. The number of hydrogen-bond donors (Lipinski definition) is 0. The Morgan fingerprint density at radius 1 is 1.13 bits per heavy atom. The van der Waals surface area contributed by atoms with E-state index < -0.39 is 11.9 Å². The summed E-state index contributed by atoms with van der Waals surface area (Å²) in [6.07, 6.45) is -4.38. The van der Waals surface area contributed by atoms with E-state index in [2.05, 4.69) is 4.98 Å². The number of hydrogen-bond acceptors (Lipinski definition) is 1. The second-order valence-electron chi connectivity index (χ2n) is 3.34. The first kappa shape index (κ1) is 9.96. The summed E-state index contributed by atoms with van der Waals surface area (Å²) < 4.78 is 37.3. The molecule has 0 radical (unpaired) electrons. The standard InChI is InChI=1S/C11H8F3N/c1-7-6-10(11(12,13)14)15-9-5-3-2-4-8(7)9/h2-6H,1H3. The molecule has 1 heterocycles. The van der Waals surface area contributed by atoms with Gasteiger partial charge in [-0.15, -0.1) is 0 Å². The molecule has 0 saturated heterocycles. The Morgan fingerprint density at radius 3 is 2.47 bits per heavy atom. The summed E-state index contributed by atoms with van der Waals surface area (Å²) in [6, 6.07) is 7.87. The van der Waals surface area contributed by atoms with Crippen LogP contribution in [0.15, 0.2) is 30.3 Å². The molecule has 1 nitrogen and oxygen atoms in total. The molecular weight excluding hydrogens is 203 g/mol. The lowest BCUT2D eigenvalue weighted by atomic mass is 10.1. The van der Waals surface area contributed by atoms with Gasteiger partial charge in [-0.2, -0.15) is 13.2 Å². The summed E-state index contributed by atoms with van der Waals surface area (Å²) in [6.45, 7) is 1.65. The number of benzene rings is 1. The van der Waals surface area contributed by atoms with Gasteiger partial charge in [0.2, 0.25) is 0 Å². The maximum atomic E-state index is 12.4. The lowest BCUT2D eigenvalue weighted by Gasteiger charge is -2.08. The Kier molecular flexibility index (Phi) is 2.14. The van der Waals surface area contributed by atoms with E-state index in [4.69, 9.17) is 0 Å². The molecule has 0 amide bonds. The van der Waals surface area contributed by atoms with Crippen LogP contribution in [-0.2, 0) is 6.18 Å². The van der Waals surface area contributed by atoms with Crippen LogP contribution in [0.5, 0.6) is 0 Å². The first-order valence-electron chi connectivity index (χ1n) is 4.42. The van der Waals surface area contributed by atoms with Crippen molar-refractivity contribution in [2.24, 2.45) is 0 Å². The maximum absolute atomic E-state index is 12.4. The van der Waals surface area contributed by atoms with E-state index in [0.29, 0.717) is 11.1 Å². The fourth-order valence-electron chi connectivity index (χ4n) is 1.49. The summed E-state index contributed by atoms with van der Waals surface area (Å²) in [5.74, 6) is 0. The summed E-state index contributed by atoms with van der Waals surface area (Å²) >= 11 is 0. The highest BCUT2D eigenvalue weighted by atomic mass is 19.4. The van der Waals surface area contributed by atoms with Gasteiger partial charge in [0.15, 0.2) is 0 Å². The number of pyridine rings is 1. The molecule has 1 aromatic heterocycles. The van der Waals surface area contributed by atoms with Crippen LogP contribution in [0.2, 0.25) is 0 Å². The topological polar surface area (TPSA) is 12.9 Å². The zero-order valence-electron chi connectivity index (χ0n) is 7.97. The molecule has 0 aliphatic rings. The van der Waals surface area contributed by atoms with Gasteiger partial charge in [-0.1, -0.05) is 18.2 Å². The maximum Gasteiger partial charge on any atom is 0.433 e. The van der Waals surface area contributed by atoms with Gasteiger partial charge >= 0.3 is 6.18 Å². The smallest absolute Gasteiger partial charge is 0.243 e. The van der Waals surface area contributed by atoms with Gasteiger partial charge in [-0.25, -0.2) is 4.98 Å². The lowest BCUT2D eigenvalue weighted by Crippen LogP contribution is -2.08. The van der Waals surface area contributed by atoms with Crippen LogP contribution in [0.4, 0.5) is 13.2 Å². The van der Waals surface area contributed by atoms with Gasteiger partial charge in [0.25, 0.3) is 0 Å². The van der Waals surface area contributed by atoms with Crippen molar-refractivity contribution in [1.29, 1.82) is 0 Å². The van der Waals surface area contributed by atoms with E-state index in [1.165, 1.54) is 0 Å². The SMILES string of the molecule is Cc1cc(C(F)(F)F)nc2ccccc12. The fraction of sp³-hybridized carbons (Fsp3) is 0.182. The molecule has 2 rings (SSSR count). The molecule has 0 aliphatic heterocycles. The average molecular weight is 211 g/mol. The highest BCUT2D eigenvalue weighted by Crippen LogP contribution is 2.30. The van der Waals surface area contributed by atoms with E-state index in [9.17, 15) is 13.2 Å². The van der Waals surface area contributed by atoms with Crippen LogP contribution in [-0.4, -0.2) is 4.98 Å². The average Bonchev–Trinajstić information content (AvgIpc) is 2.16. The van der Waals surface area contributed by atoms with E-state index in [1.807, 2.05) is 0 Å². The normalized spacial score (nSPS) is 12.0. The molecule has 78 valence electrons. The Balaban J connectivity index is 2.73. The number of aryl methyl sites for hydroxylation is 1. The first-order chi connectivity index (χ1) is 6.98. The highest BCUT2D eigenvalue weighted by Gasteiger charge is 2.32. The van der Waals surface area contributed by atoms with E-state index in [-0.39, 0.29) is 0 Å². The van der Waals surface area contributed by atoms with Gasteiger partial charge in [-0.3, -0.25) is 0 Å². The fourth-order valence-corrected chi connectivity index (χ4v) is 1.49. The number of alkyl halides is 3. The molecule has 0 unspecified atom stereocenters. The quantitative estimate of drug-likeness (QED) is 0.649. The number of aromatic nitrogens is 1. The van der Waals surface area contributed by atoms with Crippen LogP contribution in [0.3, 0.4) is 0 Å². The monoisotopic (exact) mass is 211 g/mol. The third-order valence-corrected chi connectivity index (χ3v) is 2.21. The molecule has 0 atom stereocenters. The van der Waals surface area contributed by atoms with E-state index in [0.717, 1.165) is 11.5 Å². The number of para-hydroxylation sites is 1. The van der Waals surface area contributed by atoms with E-state index >= 15 is 0 Å². The highest BCUT2D eigenvalue weighted by molar-refractivity contribution is 5.82. The lowest BCUT2D eigenvalue weighted by molar-refractivity contribution is -0.141. The zero-order valence-corrected chi connectivity index (χ0v) is 7.97. The van der Waals surface area contributed by atoms with Crippen molar-refractivity contribution in [2.45, 2.75) is 13.1 Å². The summed E-state index contributed by atoms with van der Waals surface area (Å²) in [4.78, 5) is 3.58. The minimum absolute atomic E-state index is 0.379. The number of rotatable bonds is 0. The molecule has 0 spiro atoms. The largest absolute Gasteiger partial charge is 0.433 e. The number of nitrogens with zero attached hydrogens (tertiary/aromatic N) is 1. The molecule has 0 bridgehead atoms. The molecule has 0 aliphatic carbocycles. The Morgan fingerprint density at radius 2 is 1.80 bits per heavy atom. The van der Waals surface area contributed by atoms with Crippen LogP contribution in [0.1, 0.15) is 11.3 Å². The van der Waals surface area contributed by atoms with Gasteiger partial charge in [0.1, 0.15) is 5.69 Å².